The van der Waals surface area contributed by atoms with Crippen molar-refractivity contribution in [3.8, 4) is 11.3 Å². The highest BCUT2D eigenvalue weighted by atomic mass is 32.2. The maximum absolute atomic E-state index is 13.1. The van der Waals surface area contributed by atoms with Gasteiger partial charge in [-0.1, -0.05) is 12.1 Å². The minimum absolute atomic E-state index is 0.0625. The first kappa shape index (κ1) is 21.5. The number of aromatic nitrogens is 1. The number of benzene rings is 2. The summed E-state index contributed by atoms with van der Waals surface area (Å²) in [5.74, 6) is -0.719. The molecule has 8 heteroatoms. The second-order valence-corrected chi connectivity index (χ2v) is 9.07. The molecule has 1 aliphatic heterocycles. The van der Waals surface area contributed by atoms with Gasteiger partial charge in [-0.05, 0) is 55.5 Å². The number of carbonyl (C=O) groups is 2. The Hall–Kier alpha value is -2.71. The molecule has 0 radical (unpaired) electrons. The zero-order valence-electron chi connectivity index (χ0n) is 17.0. The van der Waals surface area contributed by atoms with Crippen LogP contribution in [0.4, 0.5) is 9.52 Å². The molecule has 2 heterocycles. The van der Waals surface area contributed by atoms with Gasteiger partial charge in [0.25, 0.3) is 5.91 Å². The number of amides is 2. The third-order valence-corrected chi connectivity index (χ3v) is 6.87. The van der Waals surface area contributed by atoms with Gasteiger partial charge in [0, 0.05) is 40.4 Å². The Kier molecular flexibility index (Phi) is 6.67. The zero-order valence-corrected chi connectivity index (χ0v) is 18.6. The first-order valence-corrected chi connectivity index (χ1v) is 12.1. The Morgan fingerprint density at radius 3 is 2.42 bits per heavy atom. The number of nitrogens with zero attached hydrogens (tertiary/aromatic N) is 2. The Morgan fingerprint density at radius 2 is 1.77 bits per heavy atom. The lowest BCUT2D eigenvalue weighted by Crippen LogP contribution is -2.41. The van der Waals surface area contributed by atoms with Gasteiger partial charge in [-0.25, -0.2) is 9.37 Å². The van der Waals surface area contributed by atoms with Gasteiger partial charge in [0.2, 0.25) is 5.91 Å². The molecule has 1 aliphatic rings. The van der Waals surface area contributed by atoms with Crippen LogP contribution in [0.25, 0.3) is 11.3 Å². The van der Waals surface area contributed by atoms with Crippen LogP contribution in [0.1, 0.15) is 23.2 Å². The van der Waals surface area contributed by atoms with E-state index in [0.717, 1.165) is 11.3 Å². The predicted octanol–water partition coefficient (Wildman–Crippen LogP) is 5.16. The molecule has 5 nitrogen and oxygen atoms in total. The number of hydrogen-bond acceptors (Lipinski definition) is 5. The number of halogens is 1. The van der Waals surface area contributed by atoms with Crippen molar-refractivity contribution in [3.05, 3.63) is 65.3 Å². The topological polar surface area (TPSA) is 62.3 Å². The van der Waals surface area contributed by atoms with Crippen molar-refractivity contribution in [2.24, 2.45) is 5.92 Å². The molecule has 160 valence electrons. The van der Waals surface area contributed by atoms with Crippen molar-refractivity contribution in [3.63, 3.8) is 0 Å². The Balaban J connectivity index is 1.31. The van der Waals surface area contributed by atoms with Crippen molar-refractivity contribution in [1.29, 1.82) is 0 Å². The molecule has 1 aromatic heterocycles. The fraction of sp³-hybridized carbons (Fsp3) is 0.261. The van der Waals surface area contributed by atoms with Gasteiger partial charge in [0.05, 0.1) is 5.69 Å². The van der Waals surface area contributed by atoms with Crippen molar-refractivity contribution in [1.82, 2.24) is 9.88 Å². The lowest BCUT2D eigenvalue weighted by Gasteiger charge is -2.31. The number of thiazole rings is 1. The van der Waals surface area contributed by atoms with Crippen LogP contribution in [0.15, 0.2) is 58.8 Å². The van der Waals surface area contributed by atoms with Crippen LogP contribution in [-0.2, 0) is 4.79 Å². The number of anilines is 1. The van der Waals surface area contributed by atoms with E-state index in [1.807, 2.05) is 23.8 Å². The van der Waals surface area contributed by atoms with Crippen LogP contribution in [0.5, 0.6) is 0 Å². The molecule has 2 amide bonds. The van der Waals surface area contributed by atoms with Crippen molar-refractivity contribution in [2.45, 2.75) is 17.7 Å². The monoisotopic (exact) mass is 455 g/mol. The van der Waals surface area contributed by atoms with Gasteiger partial charge in [-0.2, -0.15) is 0 Å². The number of piperidine rings is 1. The molecule has 0 aliphatic carbocycles. The van der Waals surface area contributed by atoms with Crippen LogP contribution in [0, 0.1) is 11.7 Å². The summed E-state index contributed by atoms with van der Waals surface area (Å²) in [7, 11) is 0. The molecule has 4 rings (SSSR count). The summed E-state index contributed by atoms with van der Waals surface area (Å²) in [6.45, 7) is 0.998. The molecular weight excluding hydrogens is 433 g/mol. The molecule has 0 saturated carbocycles. The van der Waals surface area contributed by atoms with E-state index in [1.165, 1.54) is 40.5 Å². The van der Waals surface area contributed by atoms with E-state index in [9.17, 15) is 14.0 Å². The van der Waals surface area contributed by atoms with E-state index in [0.29, 0.717) is 36.6 Å². The normalized spacial score (nSPS) is 14.5. The first-order valence-electron chi connectivity index (χ1n) is 9.99. The fourth-order valence-corrected chi connectivity index (χ4v) is 4.68. The second-order valence-electron chi connectivity index (χ2n) is 7.33. The summed E-state index contributed by atoms with van der Waals surface area (Å²) in [4.78, 5) is 32.7. The average molecular weight is 456 g/mol. The summed E-state index contributed by atoms with van der Waals surface area (Å²) in [5.41, 5.74) is 2.32. The Bertz CT molecular complexity index is 1060. The number of nitrogens with one attached hydrogen (secondary N) is 1. The third kappa shape index (κ3) is 5.14. The summed E-state index contributed by atoms with van der Waals surface area (Å²) in [6, 6.07) is 13.7. The Morgan fingerprint density at radius 1 is 1.10 bits per heavy atom. The van der Waals surface area contributed by atoms with Gasteiger partial charge in [0.15, 0.2) is 5.13 Å². The smallest absolute Gasteiger partial charge is 0.253 e. The molecule has 1 saturated heterocycles. The van der Waals surface area contributed by atoms with E-state index >= 15 is 0 Å². The SMILES string of the molecule is CSc1ccc(-c2csc(NC(=O)C3CCN(C(=O)c4ccc(F)cc4)CC3)n2)cc1. The van der Waals surface area contributed by atoms with Crippen molar-refractivity contribution < 1.29 is 14.0 Å². The van der Waals surface area contributed by atoms with Crippen molar-refractivity contribution in [2.75, 3.05) is 24.7 Å². The molecule has 0 bridgehead atoms. The van der Waals surface area contributed by atoms with Gasteiger partial charge in [-0.15, -0.1) is 23.1 Å². The van der Waals surface area contributed by atoms with Crippen LogP contribution in [0.2, 0.25) is 0 Å². The Labute approximate surface area is 188 Å². The number of hydrogen-bond donors (Lipinski definition) is 1. The highest BCUT2D eigenvalue weighted by molar-refractivity contribution is 7.98. The molecule has 3 aromatic rings. The van der Waals surface area contributed by atoms with E-state index in [2.05, 4.69) is 22.4 Å². The summed E-state index contributed by atoms with van der Waals surface area (Å²) < 4.78 is 13.1. The highest BCUT2D eigenvalue weighted by Crippen LogP contribution is 2.28. The number of rotatable bonds is 5. The third-order valence-electron chi connectivity index (χ3n) is 5.36. The standard InChI is InChI=1S/C23H22FN3O2S2/c1-30-19-8-4-15(5-9-19)20-14-31-23(25-20)26-21(28)16-10-12-27(13-11-16)22(29)17-2-6-18(24)7-3-17/h2-9,14,16H,10-13H2,1H3,(H,25,26,28). The van der Waals surface area contributed by atoms with Crippen LogP contribution < -0.4 is 5.32 Å². The van der Waals surface area contributed by atoms with Crippen LogP contribution >= 0.6 is 23.1 Å². The van der Waals surface area contributed by atoms with E-state index in [-0.39, 0.29) is 23.5 Å². The molecule has 0 spiro atoms. The maximum atomic E-state index is 13.1. The number of thioether (sulfide) groups is 1. The fourth-order valence-electron chi connectivity index (χ4n) is 3.55. The molecule has 31 heavy (non-hydrogen) atoms. The summed E-state index contributed by atoms with van der Waals surface area (Å²) in [5, 5.41) is 5.45. The lowest BCUT2D eigenvalue weighted by atomic mass is 9.95. The molecule has 2 aromatic carbocycles. The van der Waals surface area contributed by atoms with E-state index in [1.54, 1.807) is 16.7 Å². The first-order chi connectivity index (χ1) is 15.0. The maximum Gasteiger partial charge on any atom is 0.253 e. The molecule has 0 atom stereocenters. The minimum Gasteiger partial charge on any atom is -0.339 e. The van der Waals surface area contributed by atoms with E-state index in [4.69, 9.17) is 0 Å². The quantitative estimate of drug-likeness (QED) is 0.540. The number of carbonyl (C=O) groups excluding carboxylic acids is 2. The highest BCUT2D eigenvalue weighted by Gasteiger charge is 2.28. The predicted molar refractivity (Wildman–Crippen MR) is 123 cm³/mol. The van der Waals surface area contributed by atoms with Crippen molar-refractivity contribution >= 4 is 40.0 Å². The van der Waals surface area contributed by atoms with Gasteiger partial charge >= 0.3 is 0 Å². The van der Waals surface area contributed by atoms with Gasteiger partial charge < -0.3 is 10.2 Å². The van der Waals surface area contributed by atoms with Gasteiger partial charge in [-0.3, -0.25) is 9.59 Å². The second kappa shape index (κ2) is 9.62. The average Bonchev–Trinajstić information content (AvgIpc) is 3.27. The molecule has 1 fully saturated rings. The zero-order chi connectivity index (χ0) is 21.8. The number of likely N-dealkylation sites (tertiary alicyclic amines) is 1. The minimum atomic E-state index is -0.366. The lowest BCUT2D eigenvalue weighted by molar-refractivity contribution is -0.121. The van der Waals surface area contributed by atoms with Crippen LogP contribution in [0.3, 0.4) is 0 Å². The summed E-state index contributed by atoms with van der Waals surface area (Å²) >= 11 is 3.10. The molecule has 1 N–H and O–H groups in total. The van der Waals surface area contributed by atoms with Crippen LogP contribution in [-0.4, -0.2) is 41.0 Å². The van der Waals surface area contributed by atoms with E-state index < -0.39 is 0 Å². The molecular formula is C23H22FN3O2S2. The molecule has 0 unspecified atom stereocenters. The summed E-state index contributed by atoms with van der Waals surface area (Å²) in [6.07, 6.45) is 3.22. The van der Waals surface area contributed by atoms with Gasteiger partial charge in [0.1, 0.15) is 5.82 Å². The largest absolute Gasteiger partial charge is 0.339 e.